The fraction of sp³-hybridized carbons (Fsp3) is 0. The van der Waals surface area contributed by atoms with E-state index in [0.29, 0.717) is 5.56 Å². The van der Waals surface area contributed by atoms with Crippen molar-refractivity contribution >= 4 is 18.0 Å². The summed E-state index contributed by atoms with van der Waals surface area (Å²) in [6.45, 7) is 0. The quantitative estimate of drug-likeness (QED) is 0.663. The minimum absolute atomic E-state index is 0.315. The molecule has 0 aliphatic rings. The van der Waals surface area contributed by atoms with Crippen LogP contribution in [0.5, 0.6) is 0 Å². The van der Waals surface area contributed by atoms with Crippen molar-refractivity contribution in [1.82, 2.24) is 0 Å². The molecule has 2 N–H and O–H groups in total. The highest BCUT2D eigenvalue weighted by molar-refractivity contribution is 5.88. The van der Waals surface area contributed by atoms with Crippen LogP contribution in [0.2, 0.25) is 0 Å². The van der Waals surface area contributed by atoms with Gasteiger partial charge in [-0.3, -0.25) is 0 Å². The predicted molar refractivity (Wildman–Crippen MR) is 102 cm³/mol. The average molecular weight is 346 g/mol. The molecule has 4 heteroatoms. The minimum Gasteiger partial charge on any atom is -0.478 e. The van der Waals surface area contributed by atoms with E-state index in [1.165, 1.54) is 0 Å². The number of carbonyl (C=O) groups is 2. The summed E-state index contributed by atoms with van der Waals surface area (Å²) in [5.74, 6) is -1.82. The molecular weight excluding hydrogens is 328 g/mol. The lowest BCUT2D eigenvalue weighted by atomic mass is 10.0. The summed E-state index contributed by atoms with van der Waals surface area (Å²) in [5, 5.41) is 17.0. The SMILES string of the molecule is O=C(O)C=Cc1ccccc1.O=C(O)c1ccc(-c2ccccc2)cc1. The lowest BCUT2D eigenvalue weighted by Gasteiger charge is -2.01. The molecule has 0 aromatic heterocycles. The first-order valence-electron chi connectivity index (χ1n) is 7.91. The molecular formula is C22H18O4. The molecule has 130 valence electrons. The number of hydrogen-bond donors (Lipinski definition) is 2. The van der Waals surface area contributed by atoms with Gasteiger partial charge in [-0.05, 0) is 34.9 Å². The van der Waals surface area contributed by atoms with E-state index in [1.54, 1.807) is 18.2 Å². The lowest BCUT2D eigenvalue weighted by Crippen LogP contribution is -1.94. The molecule has 0 saturated heterocycles. The van der Waals surface area contributed by atoms with Gasteiger partial charge < -0.3 is 10.2 Å². The summed E-state index contributed by atoms with van der Waals surface area (Å²) in [6, 6.07) is 26.0. The topological polar surface area (TPSA) is 74.6 Å². The Kier molecular flexibility index (Phi) is 6.89. The standard InChI is InChI=1S/C13H10O2.C9H8O2/c14-13(15)12-8-6-11(7-9-12)10-4-2-1-3-5-10;10-9(11)7-6-8-4-2-1-3-5-8/h1-9H,(H,14,15);1-7H,(H,10,11). The van der Waals surface area contributed by atoms with Crippen molar-refractivity contribution in [3.05, 3.63) is 102 Å². The van der Waals surface area contributed by atoms with Crippen molar-refractivity contribution < 1.29 is 19.8 Å². The highest BCUT2D eigenvalue weighted by atomic mass is 16.4. The van der Waals surface area contributed by atoms with E-state index in [2.05, 4.69) is 0 Å². The van der Waals surface area contributed by atoms with Crippen molar-refractivity contribution in [3.63, 3.8) is 0 Å². The van der Waals surface area contributed by atoms with Gasteiger partial charge in [0.05, 0.1) is 5.56 Å². The Morgan fingerprint density at radius 2 is 1.15 bits per heavy atom. The molecule has 3 aromatic carbocycles. The van der Waals surface area contributed by atoms with Crippen LogP contribution >= 0.6 is 0 Å². The molecule has 0 atom stereocenters. The van der Waals surface area contributed by atoms with Gasteiger partial charge in [0.25, 0.3) is 0 Å². The summed E-state index contributed by atoms with van der Waals surface area (Å²) in [6.07, 6.45) is 2.68. The Labute approximate surface area is 151 Å². The maximum atomic E-state index is 10.6. The molecule has 0 aliphatic carbocycles. The van der Waals surface area contributed by atoms with Crippen LogP contribution in [0.4, 0.5) is 0 Å². The summed E-state index contributed by atoms with van der Waals surface area (Å²) in [5.41, 5.74) is 3.33. The van der Waals surface area contributed by atoms with Crippen LogP contribution in [0.15, 0.2) is 91.0 Å². The van der Waals surface area contributed by atoms with Gasteiger partial charge in [0, 0.05) is 6.08 Å². The van der Waals surface area contributed by atoms with Gasteiger partial charge in [-0.15, -0.1) is 0 Å². The largest absolute Gasteiger partial charge is 0.478 e. The highest BCUT2D eigenvalue weighted by Crippen LogP contribution is 2.19. The van der Waals surface area contributed by atoms with Crippen molar-refractivity contribution in [3.8, 4) is 11.1 Å². The number of aliphatic carboxylic acids is 1. The zero-order chi connectivity index (χ0) is 18.8. The van der Waals surface area contributed by atoms with E-state index >= 15 is 0 Å². The van der Waals surface area contributed by atoms with Gasteiger partial charge in [0.2, 0.25) is 0 Å². The van der Waals surface area contributed by atoms with Crippen molar-refractivity contribution in [2.45, 2.75) is 0 Å². The van der Waals surface area contributed by atoms with E-state index in [4.69, 9.17) is 10.2 Å². The van der Waals surface area contributed by atoms with Gasteiger partial charge in [0.15, 0.2) is 0 Å². The third kappa shape index (κ3) is 6.09. The highest BCUT2D eigenvalue weighted by Gasteiger charge is 2.02. The molecule has 0 radical (unpaired) electrons. The normalized spacial score (nSPS) is 10.0. The van der Waals surface area contributed by atoms with Crippen LogP contribution < -0.4 is 0 Å². The summed E-state index contributed by atoms with van der Waals surface area (Å²) < 4.78 is 0. The second-order valence-corrected chi connectivity index (χ2v) is 5.33. The van der Waals surface area contributed by atoms with Crippen LogP contribution in [0.1, 0.15) is 15.9 Å². The summed E-state index contributed by atoms with van der Waals surface area (Å²) in [7, 11) is 0. The Balaban J connectivity index is 0.000000197. The molecule has 0 spiro atoms. The fourth-order valence-electron chi connectivity index (χ4n) is 2.17. The number of hydrogen-bond acceptors (Lipinski definition) is 2. The van der Waals surface area contributed by atoms with Gasteiger partial charge >= 0.3 is 11.9 Å². The first kappa shape index (κ1) is 18.7. The van der Waals surface area contributed by atoms with E-state index in [1.807, 2.05) is 72.8 Å². The van der Waals surface area contributed by atoms with Gasteiger partial charge in [0.1, 0.15) is 0 Å². The maximum absolute atomic E-state index is 10.6. The van der Waals surface area contributed by atoms with E-state index in [0.717, 1.165) is 22.8 Å². The zero-order valence-electron chi connectivity index (χ0n) is 13.9. The maximum Gasteiger partial charge on any atom is 0.335 e. The summed E-state index contributed by atoms with van der Waals surface area (Å²) in [4.78, 5) is 20.7. The monoisotopic (exact) mass is 346 g/mol. The first-order valence-corrected chi connectivity index (χ1v) is 7.91. The van der Waals surface area contributed by atoms with Crippen LogP contribution in [0, 0.1) is 0 Å². The van der Waals surface area contributed by atoms with E-state index in [-0.39, 0.29) is 0 Å². The van der Waals surface area contributed by atoms with E-state index in [9.17, 15) is 9.59 Å². The van der Waals surface area contributed by atoms with Crippen LogP contribution in [0.25, 0.3) is 17.2 Å². The van der Waals surface area contributed by atoms with Gasteiger partial charge in [-0.2, -0.15) is 0 Å². The molecule has 0 saturated carbocycles. The average Bonchev–Trinajstić information content (AvgIpc) is 2.68. The Morgan fingerprint density at radius 3 is 1.65 bits per heavy atom. The molecule has 0 heterocycles. The van der Waals surface area contributed by atoms with Crippen molar-refractivity contribution in [2.75, 3.05) is 0 Å². The van der Waals surface area contributed by atoms with E-state index < -0.39 is 11.9 Å². The minimum atomic E-state index is -0.922. The smallest absolute Gasteiger partial charge is 0.335 e. The third-order valence-electron chi connectivity index (χ3n) is 3.46. The molecule has 0 amide bonds. The Hall–Kier alpha value is -3.66. The first-order chi connectivity index (χ1) is 12.6. The Morgan fingerprint density at radius 1 is 0.654 bits per heavy atom. The van der Waals surface area contributed by atoms with Gasteiger partial charge in [-0.25, -0.2) is 9.59 Å². The second-order valence-electron chi connectivity index (χ2n) is 5.33. The van der Waals surface area contributed by atoms with Gasteiger partial charge in [-0.1, -0.05) is 72.8 Å². The van der Waals surface area contributed by atoms with Crippen LogP contribution in [-0.2, 0) is 4.79 Å². The van der Waals surface area contributed by atoms with Crippen molar-refractivity contribution in [2.24, 2.45) is 0 Å². The van der Waals surface area contributed by atoms with Crippen LogP contribution in [-0.4, -0.2) is 22.2 Å². The number of carboxylic acids is 2. The molecule has 26 heavy (non-hydrogen) atoms. The molecule has 0 aliphatic heterocycles. The molecule has 4 nitrogen and oxygen atoms in total. The fourth-order valence-corrected chi connectivity index (χ4v) is 2.17. The molecule has 3 rings (SSSR count). The predicted octanol–water partition coefficient (Wildman–Crippen LogP) is 4.84. The lowest BCUT2D eigenvalue weighted by molar-refractivity contribution is -0.131. The number of rotatable bonds is 4. The second kappa shape index (κ2) is 9.59. The number of aromatic carboxylic acids is 1. The summed E-state index contributed by atoms with van der Waals surface area (Å²) >= 11 is 0. The molecule has 3 aromatic rings. The Bertz CT molecular complexity index is 867. The van der Waals surface area contributed by atoms with Crippen molar-refractivity contribution in [1.29, 1.82) is 0 Å². The zero-order valence-corrected chi connectivity index (χ0v) is 13.9. The molecule has 0 unspecified atom stereocenters. The molecule has 0 bridgehead atoms. The molecule has 0 fully saturated rings. The number of carboxylic acid groups (broad SMARTS) is 2. The number of benzene rings is 3. The third-order valence-corrected chi connectivity index (χ3v) is 3.46. The van der Waals surface area contributed by atoms with Crippen LogP contribution in [0.3, 0.4) is 0 Å².